The fourth-order valence-electron chi connectivity index (χ4n) is 1.91. The van der Waals surface area contributed by atoms with E-state index in [4.69, 9.17) is 16.3 Å². The van der Waals surface area contributed by atoms with Crippen LogP contribution in [0.25, 0.3) is 0 Å². The van der Waals surface area contributed by atoms with Gasteiger partial charge in [-0.1, -0.05) is 11.6 Å². The summed E-state index contributed by atoms with van der Waals surface area (Å²) in [5.41, 5.74) is -0.147. The molecule has 2 aromatic rings. The van der Waals surface area contributed by atoms with Gasteiger partial charge in [0.25, 0.3) is 15.7 Å². The van der Waals surface area contributed by atoms with Gasteiger partial charge in [0.05, 0.1) is 10.5 Å². The van der Waals surface area contributed by atoms with E-state index >= 15 is 0 Å². The first kappa shape index (κ1) is 14.5. The molecule has 1 heterocycles. The van der Waals surface area contributed by atoms with Gasteiger partial charge in [0.15, 0.2) is 0 Å². The fourth-order valence-corrected chi connectivity index (χ4v) is 3.19. The van der Waals surface area contributed by atoms with Gasteiger partial charge in [-0.3, -0.25) is 10.1 Å². The van der Waals surface area contributed by atoms with Gasteiger partial charge in [-0.2, -0.15) is 8.42 Å². The third-order valence-corrected chi connectivity index (χ3v) is 4.47. The van der Waals surface area contributed by atoms with Gasteiger partial charge in [0, 0.05) is 17.2 Å². The van der Waals surface area contributed by atoms with Crippen LogP contribution in [0, 0.1) is 10.1 Å². The van der Waals surface area contributed by atoms with Crippen molar-refractivity contribution in [3.05, 3.63) is 63.2 Å². The highest BCUT2D eigenvalue weighted by molar-refractivity contribution is 7.90. The van der Waals surface area contributed by atoms with Gasteiger partial charge in [-0.15, -0.1) is 4.40 Å². The predicted molar refractivity (Wildman–Crippen MR) is 78.9 cm³/mol. The van der Waals surface area contributed by atoms with E-state index in [1.807, 2.05) is 0 Å². The Kier molecular flexibility index (Phi) is 3.34. The number of nitrogens with zero attached hydrogens (tertiary/aromatic N) is 2. The molecule has 9 heteroatoms. The third kappa shape index (κ3) is 2.53. The molecule has 0 unspecified atom stereocenters. The molecule has 0 spiro atoms. The highest BCUT2D eigenvalue weighted by atomic mass is 35.5. The van der Waals surface area contributed by atoms with Gasteiger partial charge in [0.1, 0.15) is 10.6 Å². The molecule has 0 saturated heterocycles. The van der Waals surface area contributed by atoms with Crippen LogP contribution in [0.4, 0.5) is 5.69 Å². The molecule has 0 N–H and O–H groups in total. The third-order valence-electron chi connectivity index (χ3n) is 2.92. The van der Waals surface area contributed by atoms with E-state index in [-0.39, 0.29) is 22.0 Å². The zero-order valence-corrected chi connectivity index (χ0v) is 12.3. The van der Waals surface area contributed by atoms with Crippen molar-refractivity contribution >= 4 is 33.2 Å². The largest absolute Gasteiger partial charge is 0.438 e. The van der Waals surface area contributed by atoms with Crippen molar-refractivity contribution in [3.8, 4) is 5.75 Å². The second-order valence-electron chi connectivity index (χ2n) is 4.37. The molecule has 0 fully saturated rings. The minimum Gasteiger partial charge on any atom is -0.438 e. The Morgan fingerprint density at radius 1 is 1.14 bits per heavy atom. The first-order valence-corrected chi connectivity index (χ1v) is 7.76. The molecule has 1 aliphatic rings. The summed E-state index contributed by atoms with van der Waals surface area (Å²) in [6.45, 7) is 0. The molecule has 0 bridgehead atoms. The number of hydrogen-bond donors (Lipinski definition) is 0. The van der Waals surface area contributed by atoms with Gasteiger partial charge < -0.3 is 4.74 Å². The van der Waals surface area contributed by atoms with Crippen molar-refractivity contribution in [3.63, 3.8) is 0 Å². The molecule has 3 rings (SSSR count). The van der Waals surface area contributed by atoms with Crippen LogP contribution < -0.4 is 4.74 Å². The lowest BCUT2D eigenvalue weighted by Gasteiger charge is -2.05. The Bertz CT molecular complexity index is 907. The summed E-state index contributed by atoms with van der Waals surface area (Å²) in [4.78, 5) is 9.83. The zero-order chi connectivity index (χ0) is 15.9. The van der Waals surface area contributed by atoms with Gasteiger partial charge in [-0.05, 0) is 30.3 Å². The average molecular weight is 339 g/mol. The maximum absolute atomic E-state index is 12.0. The van der Waals surface area contributed by atoms with Crippen LogP contribution in [0.2, 0.25) is 5.02 Å². The molecular formula is C13H7ClN2O5S. The normalized spacial score (nSPS) is 15.0. The fraction of sp³-hybridized carbons (Fsp3) is 0. The standard InChI is InChI=1S/C13H7ClN2O5S/c14-8-1-4-10(5-2-8)21-13-11-6-3-9(16(17)18)7-12(11)22(19,20)15-13/h1-7H. The number of nitro benzene ring substituents is 1. The number of benzene rings is 2. The van der Waals surface area contributed by atoms with Crippen molar-refractivity contribution in [1.29, 1.82) is 0 Å². The van der Waals surface area contributed by atoms with E-state index in [1.54, 1.807) is 24.3 Å². The Labute approximate surface area is 130 Å². The molecule has 0 atom stereocenters. The Hall–Kier alpha value is -2.45. The van der Waals surface area contributed by atoms with Gasteiger partial charge >= 0.3 is 0 Å². The lowest BCUT2D eigenvalue weighted by Crippen LogP contribution is -2.07. The summed E-state index contributed by atoms with van der Waals surface area (Å²) in [5, 5.41) is 11.2. The van der Waals surface area contributed by atoms with Crippen LogP contribution in [0.3, 0.4) is 0 Å². The zero-order valence-electron chi connectivity index (χ0n) is 10.8. The number of rotatable bonds is 2. The first-order chi connectivity index (χ1) is 10.4. The topological polar surface area (TPSA) is 98.9 Å². The van der Waals surface area contributed by atoms with E-state index in [0.29, 0.717) is 10.8 Å². The SMILES string of the molecule is O=[N+]([O-])c1ccc2c(c1)S(=O)(=O)N=C2Oc1ccc(Cl)cc1. The molecular weight excluding hydrogens is 332 g/mol. The molecule has 0 amide bonds. The molecule has 2 aromatic carbocycles. The van der Waals surface area contributed by atoms with E-state index in [2.05, 4.69) is 4.40 Å². The molecule has 0 aliphatic carbocycles. The molecule has 0 saturated carbocycles. The van der Waals surface area contributed by atoms with E-state index in [9.17, 15) is 18.5 Å². The Balaban J connectivity index is 2.02. The van der Waals surface area contributed by atoms with Gasteiger partial charge in [0.2, 0.25) is 5.90 Å². The van der Waals surface area contributed by atoms with Crippen molar-refractivity contribution < 1.29 is 18.1 Å². The highest BCUT2D eigenvalue weighted by Gasteiger charge is 2.32. The van der Waals surface area contributed by atoms with Crippen molar-refractivity contribution in [2.75, 3.05) is 0 Å². The van der Waals surface area contributed by atoms with Crippen LogP contribution >= 0.6 is 11.6 Å². The highest BCUT2D eigenvalue weighted by Crippen LogP contribution is 2.31. The van der Waals surface area contributed by atoms with Crippen LogP contribution in [0.1, 0.15) is 5.56 Å². The molecule has 0 radical (unpaired) electrons. The summed E-state index contributed by atoms with van der Waals surface area (Å²) in [7, 11) is -4.01. The number of non-ortho nitro benzene ring substituents is 1. The maximum atomic E-state index is 12.0. The first-order valence-electron chi connectivity index (χ1n) is 5.94. The predicted octanol–water partition coefficient (Wildman–Crippen LogP) is 2.78. The number of nitro groups is 1. The second-order valence-corrected chi connectivity index (χ2v) is 6.37. The average Bonchev–Trinajstić information content (AvgIpc) is 2.72. The van der Waals surface area contributed by atoms with Crippen LogP contribution in [-0.4, -0.2) is 19.2 Å². The summed E-state index contributed by atoms with van der Waals surface area (Å²) in [6, 6.07) is 9.73. The smallest absolute Gasteiger partial charge is 0.286 e. The Morgan fingerprint density at radius 2 is 1.82 bits per heavy atom. The van der Waals surface area contributed by atoms with Gasteiger partial charge in [-0.25, -0.2) is 0 Å². The van der Waals surface area contributed by atoms with Crippen LogP contribution in [0.5, 0.6) is 5.75 Å². The molecule has 7 nitrogen and oxygen atoms in total. The quantitative estimate of drug-likeness (QED) is 0.619. The maximum Gasteiger partial charge on any atom is 0.286 e. The molecule has 112 valence electrons. The lowest BCUT2D eigenvalue weighted by molar-refractivity contribution is -0.385. The number of sulfonamides is 1. The molecule has 0 aromatic heterocycles. The van der Waals surface area contributed by atoms with Crippen LogP contribution in [0.15, 0.2) is 51.8 Å². The molecule has 22 heavy (non-hydrogen) atoms. The summed E-state index contributed by atoms with van der Waals surface area (Å²) in [5.74, 6) is 0.219. The molecule has 1 aliphatic heterocycles. The van der Waals surface area contributed by atoms with Crippen molar-refractivity contribution in [2.45, 2.75) is 4.90 Å². The van der Waals surface area contributed by atoms with E-state index in [1.165, 1.54) is 12.1 Å². The minimum absolute atomic E-state index is 0.132. The monoisotopic (exact) mass is 338 g/mol. The second kappa shape index (κ2) is 5.08. The summed E-state index contributed by atoms with van der Waals surface area (Å²) >= 11 is 5.76. The summed E-state index contributed by atoms with van der Waals surface area (Å²) in [6.07, 6.45) is 0. The minimum atomic E-state index is -4.01. The number of fused-ring (bicyclic) bond motifs is 1. The number of hydrogen-bond acceptors (Lipinski definition) is 5. The van der Waals surface area contributed by atoms with Crippen molar-refractivity contribution in [1.82, 2.24) is 0 Å². The van der Waals surface area contributed by atoms with E-state index < -0.39 is 14.9 Å². The van der Waals surface area contributed by atoms with E-state index in [0.717, 1.165) is 6.07 Å². The van der Waals surface area contributed by atoms with Crippen molar-refractivity contribution in [2.24, 2.45) is 4.40 Å². The Morgan fingerprint density at radius 3 is 2.45 bits per heavy atom. The number of halogens is 1. The van der Waals surface area contributed by atoms with Crippen LogP contribution in [-0.2, 0) is 10.0 Å². The lowest BCUT2D eigenvalue weighted by atomic mass is 10.2. The number of ether oxygens (including phenoxy) is 1. The summed E-state index contributed by atoms with van der Waals surface area (Å²) < 4.78 is 32.9.